The molecule has 2 N–H and O–H groups in total. The van der Waals surface area contributed by atoms with Crippen LogP contribution in [0.25, 0.3) is 0 Å². The molecule has 0 heterocycles. The maximum absolute atomic E-state index is 13.4. The molecule has 0 aliphatic heterocycles. The van der Waals surface area contributed by atoms with E-state index in [0.717, 1.165) is 24.3 Å². The van der Waals surface area contributed by atoms with Gasteiger partial charge in [0.1, 0.15) is 5.82 Å². The van der Waals surface area contributed by atoms with E-state index in [1.54, 1.807) is 26.0 Å². The van der Waals surface area contributed by atoms with Gasteiger partial charge in [-0.05, 0) is 51.1 Å². The molecule has 0 radical (unpaired) electrons. The van der Waals surface area contributed by atoms with Crippen molar-refractivity contribution in [2.24, 2.45) is 0 Å². The van der Waals surface area contributed by atoms with Crippen LogP contribution in [0.4, 0.5) is 10.1 Å². The van der Waals surface area contributed by atoms with E-state index in [9.17, 15) is 9.50 Å². The van der Waals surface area contributed by atoms with Crippen LogP contribution in [0.2, 0.25) is 0 Å². The van der Waals surface area contributed by atoms with E-state index in [1.807, 2.05) is 13.8 Å². The lowest BCUT2D eigenvalue weighted by Crippen LogP contribution is -2.39. The van der Waals surface area contributed by atoms with Crippen molar-refractivity contribution < 1.29 is 9.50 Å². The lowest BCUT2D eigenvalue weighted by molar-refractivity contribution is 0.0875. The molecule has 1 aromatic carbocycles. The van der Waals surface area contributed by atoms with Crippen LogP contribution in [-0.2, 0) is 6.54 Å². The zero-order valence-electron chi connectivity index (χ0n) is 12.3. The van der Waals surface area contributed by atoms with Crippen LogP contribution in [0.1, 0.15) is 33.3 Å². The minimum absolute atomic E-state index is 0.226. The molecule has 0 unspecified atom stereocenters. The first kappa shape index (κ1) is 15.9. The Balaban J connectivity index is 3.01. The van der Waals surface area contributed by atoms with Gasteiger partial charge in [0, 0.05) is 25.3 Å². The predicted molar refractivity (Wildman–Crippen MR) is 78.0 cm³/mol. The second kappa shape index (κ2) is 6.87. The van der Waals surface area contributed by atoms with E-state index in [2.05, 4.69) is 10.2 Å². The van der Waals surface area contributed by atoms with Crippen molar-refractivity contribution >= 4 is 5.69 Å². The SMILES string of the molecule is CCNCc1cc(F)ccc1N(CC)CC(C)(C)O. The van der Waals surface area contributed by atoms with Crippen LogP contribution in [0.5, 0.6) is 0 Å². The van der Waals surface area contributed by atoms with Crippen LogP contribution in [0, 0.1) is 5.82 Å². The normalized spacial score (nSPS) is 11.7. The Labute approximate surface area is 115 Å². The molecule has 108 valence electrons. The summed E-state index contributed by atoms with van der Waals surface area (Å²) in [5, 5.41) is 13.2. The number of rotatable bonds is 7. The van der Waals surface area contributed by atoms with Crippen molar-refractivity contribution in [1.82, 2.24) is 5.32 Å². The number of hydrogen-bond donors (Lipinski definition) is 2. The first-order chi connectivity index (χ1) is 8.87. The van der Waals surface area contributed by atoms with Crippen LogP contribution in [-0.4, -0.2) is 30.3 Å². The molecule has 0 bridgehead atoms. The second-order valence-electron chi connectivity index (χ2n) is 5.38. The topological polar surface area (TPSA) is 35.5 Å². The van der Waals surface area contributed by atoms with E-state index in [4.69, 9.17) is 0 Å². The maximum Gasteiger partial charge on any atom is 0.123 e. The third kappa shape index (κ3) is 5.17. The second-order valence-corrected chi connectivity index (χ2v) is 5.38. The summed E-state index contributed by atoms with van der Waals surface area (Å²) in [6.07, 6.45) is 0. The zero-order chi connectivity index (χ0) is 14.5. The fourth-order valence-electron chi connectivity index (χ4n) is 2.10. The van der Waals surface area contributed by atoms with Gasteiger partial charge in [0.25, 0.3) is 0 Å². The number of benzene rings is 1. The number of nitrogens with one attached hydrogen (secondary N) is 1. The summed E-state index contributed by atoms with van der Waals surface area (Å²) >= 11 is 0. The van der Waals surface area contributed by atoms with Crippen molar-refractivity contribution in [3.05, 3.63) is 29.6 Å². The molecule has 0 saturated heterocycles. The molecule has 0 spiro atoms. The quantitative estimate of drug-likeness (QED) is 0.797. The van der Waals surface area contributed by atoms with Crippen LogP contribution < -0.4 is 10.2 Å². The largest absolute Gasteiger partial charge is 0.389 e. The van der Waals surface area contributed by atoms with Gasteiger partial charge in [0.2, 0.25) is 0 Å². The molecule has 0 aromatic heterocycles. The number of nitrogens with zero attached hydrogens (tertiary/aromatic N) is 1. The molecule has 0 atom stereocenters. The third-order valence-electron chi connectivity index (χ3n) is 2.91. The number of aliphatic hydroxyl groups is 1. The Kier molecular flexibility index (Phi) is 5.76. The molecular formula is C15H25FN2O. The molecule has 4 heteroatoms. The Morgan fingerprint density at radius 3 is 2.53 bits per heavy atom. The molecule has 0 fully saturated rings. The highest BCUT2D eigenvalue weighted by molar-refractivity contribution is 5.54. The van der Waals surface area contributed by atoms with E-state index >= 15 is 0 Å². The Morgan fingerprint density at radius 2 is 2.00 bits per heavy atom. The van der Waals surface area contributed by atoms with Crippen molar-refractivity contribution in [3.8, 4) is 0 Å². The number of halogens is 1. The monoisotopic (exact) mass is 268 g/mol. The molecular weight excluding hydrogens is 243 g/mol. The van der Waals surface area contributed by atoms with Gasteiger partial charge in [0.15, 0.2) is 0 Å². The number of hydrogen-bond acceptors (Lipinski definition) is 3. The smallest absolute Gasteiger partial charge is 0.123 e. The summed E-state index contributed by atoms with van der Waals surface area (Å²) in [5.41, 5.74) is 1.12. The van der Waals surface area contributed by atoms with Gasteiger partial charge in [-0.1, -0.05) is 6.92 Å². The molecule has 0 aliphatic rings. The Morgan fingerprint density at radius 1 is 1.32 bits per heavy atom. The fraction of sp³-hybridized carbons (Fsp3) is 0.600. The van der Waals surface area contributed by atoms with Gasteiger partial charge in [0.05, 0.1) is 5.60 Å². The Hall–Kier alpha value is -1.13. The molecule has 3 nitrogen and oxygen atoms in total. The summed E-state index contributed by atoms with van der Waals surface area (Å²) in [6, 6.07) is 4.82. The summed E-state index contributed by atoms with van der Waals surface area (Å²) in [7, 11) is 0. The highest BCUT2D eigenvalue weighted by Gasteiger charge is 2.19. The van der Waals surface area contributed by atoms with Gasteiger partial charge in [-0.2, -0.15) is 0 Å². The minimum Gasteiger partial charge on any atom is -0.389 e. The average Bonchev–Trinajstić information content (AvgIpc) is 2.32. The van der Waals surface area contributed by atoms with Crippen molar-refractivity contribution in [2.75, 3.05) is 24.5 Å². The lowest BCUT2D eigenvalue weighted by Gasteiger charge is -2.31. The van der Waals surface area contributed by atoms with Crippen molar-refractivity contribution in [2.45, 2.75) is 39.8 Å². The maximum atomic E-state index is 13.4. The number of likely N-dealkylation sites (N-methyl/N-ethyl adjacent to an activating group) is 1. The van der Waals surface area contributed by atoms with Gasteiger partial charge < -0.3 is 15.3 Å². The zero-order valence-corrected chi connectivity index (χ0v) is 12.3. The predicted octanol–water partition coefficient (Wildman–Crippen LogP) is 2.53. The van der Waals surface area contributed by atoms with Gasteiger partial charge in [-0.25, -0.2) is 4.39 Å². The average molecular weight is 268 g/mol. The van der Waals surface area contributed by atoms with Crippen molar-refractivity contribution in [3.63, 3.8) is 0 Å². The van der Waals surface area contributed by atoms with Gasteiger partial charge >= 0.3 is 0 Å². The summed E-state index contributed by atoms with van der Waals surface area (Å²) in [6.45, 7) is 10.4. The molecule has 0 amide bonds. The standard InChI is InChI=1S/C15H25FN2O/c1-5-17-10-12-9-13(16)7-8-14(12)18(6-2)11-15(3,4)19/h7-9,17,19H,5-6,10-11H2,1-4H3. The van der Waals surface area contributed by atoms with Gasteiger partial charge in [-0.3, -0.25) is 0 Å². The van der Waals surface area contributed by atoms with Gasteiger partial charge in [-0.15, -0.1) is 0 Å². The molecule has 0 saturated carbocycles. The van der Waals surface area contributed by atoms with Crippen LogP contribution >= 0.6 is 0 Å². The number of anilines is 1. The summed E-state index contributed by atoms with van der Waals surface area (Å²) in [5.74, 6) is -0.226. The van der Waals surface area contributed by atoms with Crippen LogP contribution in [0.3, 0.4) is 0 Å². The van der Waals surface area contributed by atoms with E-state index < -0.39 is 5.60 Å². The van der Waals surface area contributed by atoms with Crippen LogP contribution in [0.15, 0.2) is 18.2 Å². The van der Waals surface area contributed by atoms with E-state index in [-0.39, 0.29) is 5.82 Å². The minimum atomic E-state index is -0.778. The molecule has 0 aliphatic carbocycles. The van der Waals surface area contributed by atoms with Crippen molar-refractivity contribution in [1.29, 1.82) is 0 Å². The molecule has 1 aromatic rings. The lowest BCUT2D eigenvalue weighted by atomic mass is 10.1. The third-order valence-corrected chi connectivity index (χ3v) is 2.91. The summed E-state index contributed by atoms with van der Waals surface area (Å²) < 4.78 is 13.4. The molecule has 19 heavy (non-hydrogen) atoms. The van der Waals surface area contributed by atoms with E-state index in [1.165, 1.54) is 6.07 Å². The highest BCUT2D eigenvalue weighted by Crippen LogP contribution is 2.23. The first-order valence-electron chi connectivity index (χ1n) is 6.84. The van der Waals surface area contributed by atoms with E-state index in [0.29, 0.717) is 13.1 Å². The first-order valence-corrected chi connectivity index (χ1v) is 6.84. The fourth-order valence-corrected chi connectivity index (χ4v) is 2.10. The highest BCUT2D eigenvalue weighted by atomic mass is 19.1. The Bertz CT molecular complexity index is 402. The molecule has 1 rings (SSSR count). The summed E-state index contributed by atoms with van der Waals surface area (Å²) in [4.78, 5) is 2.08.